The van der Waals surface area contributed by atoms with Crippen LogP contribution in [0.25, 0.3) is 10.8 Å². The summed E-state index contributed by atoms with van der Waals surface area (Å²) in [5, 5.41) is 2.36. The third kappa shape index (κ3) is 3.41. The van der Waals surface area contributed by atoms with E-state index in [4.69, 9.17) is 4.74 Å². The second kappa shape index (κ2) is 6.81. The first-order valence-corrected chi connectivity index (χ1v) is 8.46. The highest BCUT2D eigenvalue weighted by Crippen LogP contribution is 2.27. The highest BCUT2D eigenvalue weighted by molar-refractivity contribution is 5.89. The molecule has 0 saturated carbocycles. The van der Waals surface area contributed by atoms with Crippen molar-refractivity contribution < 1.29 is 9.30 Å². The Bertz CT molecular complexity index is 989. The minimum Gasteiger partial charge on any atom is -0.496 e. The van der Waals surface area contributed by atoms with Crippen LogP contribution in [0.15, 0.2) is 85.5 Å². The number of hydrogen-bond acceptors (Lipinski definition) is 1. The molecule has 0 radical (unpaired) electrons. The largest absolute Gasteiger partial charge is 0.496 e. The minimum absolute atomic E-state index is 0.822. The lowest BCUT2D eigenvalue weighted by atomic mass is 10.1. The van der Waals surface area contributed by atoms with E-state index in [1.54, 1.807) is 7.11 Å². The maximum Gasteiger partial charge on any atom is 0.244 e. The molecule has 1 aromatic heterocycles. The van der Waals surface area contributed by atoms with Gasteiger partial charge in [0, 0.05) is 5.39 Å². The van der Waals surface area contributed by atoms with Gasteiger partial charge in [-0.15, -0.1) is 0 Å². The fraction of sp³-hybridized carbons (Fsp3) is 0.136. The Labute approximate surface area is 147 Å². The third-order valence-corrected chi connectivity index (χ3v) is 4.42. The number of hydrogen-bond donors (Lipinski definition) is 0. The van der Waals surface area contributed by atoms with Gasteiger partial charge in [0.1, 0.15) is 31.2 Å². The molecule has 3 nitrogen and oxygen atoms in total. The number of ether oxygens (including phenoxy) is 1. The Morgan fingerprint density at radius 3 is 2.56 bits per heavy atom. The van der Waals surface area contributed by atoms with Gasteiger partial charge in [0.05, 0.1) is 7.11 Å². The van der Waals surface area contributed by atoms with Crippen molar-refractivity contribution >= 4 is 10.8 Å². The topological polar surface area (TPSA) is 18.0 Å². The summed E-state index contributed by atoms with van der Waals surface area (Å²) >= 11 is 0. The fourth-order valence-electron chi connectivity index (χ4n) is 3.23. The van der Waals surface area contributed by atoms with E-state index in [2.05, 4.69) is 82.5 Å². The average Bonchev–Trinajstić information content (AvgIpc) is 3.08. The van der Waals surface area contributed by atoms with E-state index in [0.29, 0.717) is 0 Å². The number of fused-ring (bicyclic) bond motifs is 1. The summed E-state index contributed by atoms with van der Waals surface area (Å²) in [6.45, 7) is 1.71. The summed E-state index contributed by atoms with van der Waals surface area (Å²) in [6, 6.07) is 23.2. The molecule has 0 atom stereocenters. The highest BCUT2D eigenvalue weighted by atomic mass is 16.5. The number of benzene rings is 3. The van der Waals surface area contributed by atoms with E-state index in [-0.39, 0.29) is 0 Å². The van der Waals surface area contributed by atoms with Gasteiger partial charge in [-0.1, -0.05) is 54.6 Å². The summed E-state index contributed by atoms with van der Waals surface area (Å²) in [7, 11) is 1.73. The van der Waals surface area contributed by atoms with E-state index in [9.17, 15) is 0 Å². The second-order valence-corrected chi connectivity index (χ2v) is 6.26. The lowest BCUT2D eigenvalue weighted by Gasteiger charge is -2.08. The molecule has 4 aromatic rings. The fourth-order valence-corrected chi connectivity index (χ4v) is 3.23. The van der Waals surface area contributed by atoms with Gasteiger partial charge >= 0.3 is 0 Å². The zero-order chi connectivity index (χ0) is 17.1. The maximum absolute atomic E-state index is 5.58. The summed E-state index contributed by atoms with van der Waals surface area (Å²) in [4.78, 5) is 0. The van der Waals surface area contributed by atoms with Crippen molar-refractivity contribution in [2.24, 2.45) is 0 Å². The van der Waals surface area contributed by atoms with Gasteiger partial charge in [0.25, 0.3) is 0 Å². The molecule has 0 bridgehead atoms. The van der Waals surface area contributed by atoms with Crippen molar-refractivity contribution in [2.45, 2.75) is 13.1 Å². The van der Waals surface area contributed by atoms with Crippen molar-refractivity contribution in [1.82, 2.24) is 4.57 Å². The van der Waals surface area contributed by atoms with Gasteiger partial charge in [0.15, 0.2) is 0 Å². The van der Waals surface area contributed by atoms with Crippen molar-refractivity contribution in [3.8, 4) is 5.75 Å². The smallest absolute Gasteiger partial charge is 0.244 e. The summed E-state index contributed by atoms with van der Waals surface area (Å²) < 4.78 is 9.98. The Morgan fingerprint density at radius 1 is 0.920 bits per heavy atom. The Morgan fingerprint density at radius 2 is 1.72 bits per heavy atom. The van der Waals surface area contributed by atoms with E-state index >= 15 is 0 Å². The summed E-state index contributed by atoms with van der Waals surface area (Å²) in [5.74, 6) is 0.928. The standard InChI is InChI=1S/C22H21N2O/c1-25-22-14-19(13-20-9-5-6-10-21(20)22)16-24-12-11-23(17-24)15-18-7-3-2-4-8-18/h2-14,17H,15-16H2,1H3/q+1. The normalized spacial score (nSPS) is 10.9. The molecule has 0 spiro atoms. The first-order valence-electron chi connectivity index (χ1n) is 8.46. The molecule has 4 rings (SSSR count). The molecule has 1 heterocycles. The molecular formula is C22H21N2O+. The van der Waals surface area contributed by atoms with E-state index < -0.39 is 0 Å². The first-order chi connectivity index (χ1) is 12.3. The Kier molecular flexibility index (Phi) is 4.21. The van der Waals surface area contributed by atoms with E-state index in [1.165, 1.54) is 16.5 Å². The van der Waals surface area contributed by atoms with Crippen LogP contribution in [0.4, 0.5) is 0 Å². The lowest BCUT2D eigenvalue weighted by Crippen LogP contribution is -2.31. The molecule has 0 saturated heterocycles. The monoisotopic (exact) mass is 329 g/mol. The highest BCUT2D eigenvalue weighted by Gasteiger charge is 2.09. The summed E-state index contributed by atoms with van der Waals surface area (Å²) in [6.07, 6.45) is 6.38. The Hall–Kier alpha value is -3.07. The van der Waals surface area contributed by atoms with Crippen LogP contribution >= 0.6 is 0 Å². The van der Waals surface area contributed by atoms with Crippen molar-refractivity contribution in [1.29, 1.82) is 0 Å². The van der Waals surface area contributed by atoms with Crippen LogP contribution < -0.4 is 9.30 Å². The summed E-state index contributed by atoms with van der Waals surface area (Å²) in [5.41, 5.74) is 2.54. The second-order valence-electron chi connectivity index (χ2n) is 6.26. The van der Waals surface area contributed by atoms with Gasteiger partial charge in [0.2, 0.25) is 6.33 Å². The van der Waals surface area contributed by atoms with E-state index in [0.717, 1.165) is 24.2 Å². The third-order valence-electron chi connectivity index (χ3n) is 4.42. The van der Waals surface area contributed by atoms with Gasteiger partial charge in [-0.3, -0.25) is 0 Å². The molecule has 0 amide bonds. The molecular weight excluding hydrogens is 308 g/mol. The van der Waals surface area contributed by atoms with Crippen LogP contribution in [0.2, 0.25) is 0 Å². The molecule has 0 fully saturated rings. The van der Waals surface area contributed by atoms with Gasteiger partial charge < -0.3 is 4.74 Å². The van der Waals surface area contributed by atoms with Crippen LogP contribution in [0.3, 0.4) is 0 Å². The first kappa shape index (κ1) is 15.5. The van der Waals surface area contributed by atoms with Crippen molar-refractivity contribution in [2.75, 3.05) is 7.11 Å². The molecule has 0 unspecified atom stereocenters. The molecule has 0 aliphatic carbocycles. The molecule has 3 aromatic carbocycles. The molecule has 25 heavy (non-hydrogen) atoms. The predicted molar refractivity (Wildman–Crippen MR) is 99.8 cm³/mol. The van der Waals surface area contributed by atoms with Crippen LogP contribution in [0, 0.1) is 0 Å². The lowest BCUT2D eigenvalue weighted by molar-refractivity contribution is -0.687. The number of rotatable bonds is 5. The predicted octanol–water partition coefficient (Wildman–Crippen LogP) is 4.03. The van der Waals surface area contributed by atoms with Gasteiger partial charge in [-0.05, 0) is 28.6 Å². The molecule has 124 valence electrons. The number of imidazole rings is 1. The molecule has 0 N–H and O–H groups in total. The quantitative estimate of drug-likeness (QED) is 0.506. The minimum atomic E-state index is 0.822. The van der Waals surface area contributed by atoms with Crippen LogP contribution in [0.5, 0.6) is 5.75 Å². The van der Waals surface area contributed by atoms with Crippen LogP contribution in [0.1, 0.15) is 11.1 Å². The zero-order valence-corrected chi connectivity index (χ0v) is 14.3. The van der Waals surface area contributed by atoms with Crippen LogP contribution in [-0.4, -0.2) is 11.7 Å². The molecule has 3 heteroatoms. The van der Waals surface area contributed by atoms with Crippen molar-refractivity contribution in [3.05, 3.63) is 96.6 Å². The number of aromatic nitrogens is 2. The van der Waals surface area contributed by atoms with Crippen LogP contribution in [-0.2, 0) is 13.1 Å². The molecule has 0 aliphatic heterocycles. The van der Waals surface area contributed by atoms with Gasteiger partial charge in [-0.25, -0.2) is 9.13 Å². The molecule has 0 aliphatic rings. The number of nitrogens with zero attached hydrogens (tertiary/aromatic N) is 2. The zero-order valence-electron chi connectivity index (χ0n) is 14.3. The maximum atomic E-state index is 5.58. The number of methoxy groups -OCH3 is 1. The van der Waals surface area contributed by atoms with Crippen molar-refractivity contribution in [3.63, 3.8) is 0 Å². The van der Waals surface area contributed by atoms with E-state index in [1.807, 2.05) is 12.1 Å². The Balaban J connectivity index is 1.57. The SMILES string of the molecule is COc1cc(C[n+]2ccn(Cc3ccccc3)c2)cc2ccccc12. The average molecular weight is 329 g/mol. The van der Waals surface area contributed by atoms with Gasteiger partial charge in [-0.2, -0.15) is 0 Å².